The fraction of sp³-hybridized carbons (Fsp3) is 0.474. The average Bonchev–Trinajstić information content (AvgIpc) is 3.17. The van der Waals surface area contributed by atoms with Gasteiger partial charge in [0.2, 0.25) is 0 Å². The lowest BCUT2D eigenvalue weighted by Gasteiger charge is -2.31. The first-order valence-electron chi connectivity index (χ1n) is 9.36. The summed E-state index contributed by atoms with van der Waals surface area (Å²) >= 11 is 1.14. The van der Waals surface area contributed by atoms with E-state index in [4.69, 9.17) is 9.47 Å². The fourth-order valence-corrected chi connectivity index (χ4v) is 3.83. The molecule has 0 bridgehead atoms. The molecule has 1 fully saturated rings. The highest BCUT2D eigenvalue weighted by molar-refractivity contribution is 7.07. The average molecular weight is 420 g/mol. The highest BCUT2D eigenvalue weighted by atomic mass is 32.1. The minimum absolute atomic E-state index is 0.00590. The van der Waals surface area contributed by atoms with Crippen LogP contribution in [-0.2, 0) is 0 Å². The Labute approximate surface area is 173 Å². The van der Waals surface area contributed by atoms with Gasteiger partial charge in [0.15, 0.2) is 0 Å². The van der Waals surface area contributed by atoms with E-state index in [0.29, 0.717) is 53.3 Å². The Morgan fingerprint density at radius 2 is 1.83 bits per heavy atom. The molecule has 0 atom stereocenters. The summed E-state index contributed by atoms with van der Waals surface area (Å²) in [5, 5.41) is 9.60. The predicted molar refractivity (Wildman–Crippen MR) is 110 cm³/mol. The molecule has 3 rings (SSSR count). The molecule has 2 N–H and O–H groups in total. The van der Waals surface area contributed by atoms with Gasteiger partial charge in [0.05, 0.1) is 19.9 Å². The van der Waals surface area contributed by atoms with E-state index in [2.05, 4.69) is 20.2 Å². The van der Waals surface area contributed by atoms with Crippen LogP contribution in [0.15, 0.2) is 18.2 Å². The molecule has 1 aromatic heterocycles. The third-order valence-electron chi connectivity index (χ3n) is 4.91. The summed E-state index contributed by atoms with van der Waals surface area (Å²) in [5.41, 5.74) is 1.27. The molecule has 2 heterocycles. The van der Waals surface area contributed by atoms with Crippen molar-refractivity contribution in [3.8, 4) is 11.5 Å². The number of piperidine rings is 1. The number of hydrogen-bond acceptors (Lipinski definition) is 7. The van der Waals surface area contributed by atoms with E-state index in [1.165, 1.54) is 0 Å². The molecular formula is C19H25N5O4S. The number of ether oxygens (including phenoxy) is 2. The van der Waals surface area contributed by atoms with E-state index in [1.54, 1.807) is 39.3 Å². The van der Waals surface area contributed by atoms with Crippen LogP contribution in [0.25, 0.3) is 0 Å². The summed E-state index contributed by atoms with van der Waals surface area (Å²) in [4.78, 5) is 27.2. The Morgan fingerprint density at radius 3 is 2.38 bits per heavy atom. The van der Waals surface area contributed by atoms with E-state index in [-0.39, 0.29) is 11.9 Å². The summed E-state index contributed by atoms with van der Waals surface area (Å²) in [5.74, 6) is 1.52. The van der Waals surface area contributed by atoms with Gasteiger partial charge in [-0.15, -0.1) is 5.10 Å². The van der Waals surface area contributed by atoms with Gasteiger partial charge in [-0.3, -0.25) is 4.79 Å². The third-order valence-corrected chi connectivity index (χ3v) is 5.72. The number of carbonyl (C=O) groups is 2. The van der Waals surface area contributed by atoms with E-state index in [9.17, 15) is 9.59 Å². The molecule has 0 aliphatic carbocycles. The van der Waals surface area contributed by atoms with Crippen LogP contribution in [0, 0.1) is 12.8 Å². The summed E-state index contributed by atoms with van der Waals surface area (Å²) in [7, 11) is 3.12. The molecule has 9 nitrogen and oxygen atoms in total. The highest BCUT2D eigenvalue weighted by Gasteiger charge is 2.26. The molecule has 0 unspecified atom stereocenters. The zero-order valence-electron chi connectivity index (χ0n) is 16.7. The van der Waals surface area contributed by atoms with Gasteiger partial charge in [-0.25, -0.2) is 4.79 Å². The Morgan fingerprint density at radius 1 is 1.17 bits per heavy atom. The molecule has 10 heteroatoms. The number of likely N-dealkylation sites (tertiary alicyclic amines) is 1. The topological polar surface area (TPSA) is 106 Å². The van der Waals surface area contributed by atoms with E-state index in [0.717, 1.165) is 24.4 Å². The molecule has 1 aliphatic rings. The van der Waals surface area contributed by atoms with E-state index in [1.807, 2.05) is 4.90 Å². The number of rotatable bonds is 6. The van der Waals surface area contributed by atoms with Gasteiger partial charge < -0.3 is 25.0 Å². The predicted octanol–water partition coefficient (Wildman–Crippen LogP) is 2.54. The number of nitrogens with zero attached hydrogens (tertiary/aromatic N) is 3. The minimum atomic E-state index is -0.287. The second-order valence-electron chi connectivity index (χ2n) is 6.86. The first-order valence-corrected chi connectivity index (χ1v) is 10.1. The second-order valence-corrected chi connectivity index (χ2v) is 7.61. The van der Waals surface area contributed by atoms with Crippen molar-refractivity contribution in [2.75, 3.05) is 39.2 Å². The number of amides is 3. The summed E-state index contributed by atoms with van der Waals surface area (Å²) < 4.78 is 14.2. The molecule has 0 spiro atoms. The van der Waals surface area contributed by atoms with Crippen molar-refractivity contribution in [1.29, 1.82) is 0 Å². The molecule has 1 aromatic carbocycles. The third kappa shape index (κ3) is 5.35. The maximum Gasteiger partial charge on any atom is 0.319 e. The minimum Gasteiger partial charge on any atom is -0.497 e. The van der Waals surface area contributed by atoms with Crippen molar-refractivity contribution in [3.63, 3.8) is 0 Å². The molecule has 29 heavy (non-hydrogen) atoms. The van der Waals surface area contributed by atoms with Crippen molar-refractivity contribution >= 4 is 29.2 Å². The van der Waals surface area contributed by atoms with Gasteiger partial charge in [-0.1, -0.05) is 4.49 Å². The molecule has 3 amide bonds. The van der Waals surface area contributed by atoms with Gasteiger partial charge in [-0.2, -0.15) is 0 Å². The smallest absolute Gasteiger partial charge is 0.319 e. The second kappa shape index (κ2) is 9.55. The van der Waals surface area contributed by atoms with E-state index < -0.39 is 0 Å². The maximum absolute atomic E-state index is 12.5. The quantitative estimate of drug-likeness (QED) is 0.745. The van der Waals surface area contributed by atoms with Crippen molar-refractivity contribution in [2.24, 2.45) is 5.92 Å². The van der Waals surface area contributed by atoms with Crippen LogP contribution in [0.5, 0.6) is 11.5 Å². The monoisotopic (exact) mass is 419 g/mol. The van der Waals surface area contributed by atoms with Crippen LogP contribution in [0.2, 0.25) is 0 Å². The zero-order valence-corrected chi connectivity index (χ0v) is 17.5. The first kappa shape index (κ1) is 20.8. The standard InChI is InChI=1S/C19H25N5O4S/c1-12-17(29-23-22-12)18(25)24-6-4-13(5-7-24)11-20-19(26)21-14-8-15(27-2)10-16(9-14)28-3/h8-10,13H,4-7,11H2,1-3H3,(H2,20,21,26). The van der Waals surface area contributed by atoms with Crippen LogP contribution in [0.3, 0.4) is 0 Å². The largest absolute Gasteiger partial charge is 0.497 e. The summed E-state index contributed by atoms with van der Waals surface area (Å²) in [6, 6.07) is 4.90. The van der Waals surface area contributed by atoms with Gasteiger partial charge in [0.25, 0.3) is 5.91 Å². The van der Waals surface area contributed by atoms with Crippen LogP contribution < -0.4 is 20.1 Å². The van der Waals surface area contributed by atoms with Gasteiger partial charge in [0.1, 0.15) is 16.4 Å². The van der Waals surface area contributed by atoms with E-state index >= 15 is 0 Å². The van der Waals surface area contributed by atoms with Crippen molar-refractivity contribution in [3.05, 3.63) is 28.8 Å². The first-order chi connectivity index (χ1) is 14.0. The Kier molecular flexibility index (Phi) is 6.86. The molecule has 2 aromatic rings. The zero-order chi connectivity index (χ0) is 20.8. The Bertz CT molecular complexity index is 842. The van der Waals surface area contributed by atoms with Crippen molar-refractivity contribution in [1.82, 2.24) is 19.8 Å². The normalized spacial score (nSPS) is 14.4. The number of carbonyl (C=O) groups excluding carboxylic acids is 2. The van der Waals surface area contributed by atoms with Crippen LogP contribution in [0.1, 0.15) is 28.2 Å². The number of urea groups is 1. The Hall–Kier alpha value is -2.88. The highest BCUT2D eigenvalue weighted by Crippen LogP contribution is 2.26. The molecular weight excluding hydrogens is 394 g/mol. The molecule has 0 saturated carbocycles. The number of aromatic nitrogens is 2. The number of anilines is 1. The SMILES string of the molecule is COc1cc(NC(=O)NCC2CCN(C(=O)c3snnc3C)CC2)cc(OC)c1. The van der Waals surface area contributed by atoms with Crippen LogP contribution >= 0.6 is 11.5 Å². The van der Waals surface area contributed by atoms with Crippen molar-refractivity contribution < 1.29 is 19.1 Å². The van der Waals surface area contributed by atoms with Crippen LogP contribution in [0.4, 0.5) is 10.5 Å². The summed E-state index contributed by atoms with van der Waals surface area (Å²) in [6.07, 6.45) is 1.68. The van der Waals surface area contributed by atoms with Gasteiger partial charge >= 0.3 is 6.03 Å². The molecule has 0 radical (unpaired) electrons. The lowest BCUT2D eigenvalue weighted by Crippen LogP contribution is -2.42. The fourth-order valence-electron chi connectivity index (χ4n) is 3.20. The summed E-state index contributed by atoms with van der Waals surface area (Å²) in [6.45, 7) is 3.68. The number of benzene rings is 1. The lowest BCUT2D eigenvalue weighted by atomic mass is 9.96. The molecule has 1 saturated heterocycles. The lowest BCUT2D eigenvalue weighted by molar-refractivity contribution is 0.0694. The van der Waals surface area contributed by atoms with Crippen molar-refractivity contribution in [2.45, 2.75) is 19.8 Å². The number of nitrogens with one attached hydrogen (secondary N) is 2. The Balaban J connectivity index is 1.45. The number of hydrogen-bond donors (Lipinski definition) is 2. The molecule has 1 aliphatic heterocycles. The van der Waals surface area contributed by atoms with Gasteiger partial charge in [-0.05, 0) is 37.2 Å². The number of aryl methyl sites for hydroxylation is 1. The number of methoxy groups -OCH3 is 2. The van der Waals surface area contributed by atoms with Crippen LogP contribution in [-0.4, -0.2) is 60.3 Å². The molecule has 156 valence electrons. The van der Waals surface area contributed by atoms with Gasteiger partial charge in [0, 0.05) is 43.5 Å². The maximum atomic E-state index is 12.5.